The van der Waals surface area contributed by atoms with Crippen molar-refractivity contribution in [1.82, 2.24) is 14.7 Å². The minimum absolute atomic E-state index is 0.0636. The molecule has 2 fully saturated rings. The molecule has 0 radical (unpaired) electrons. The van der Waals surface area contributed by atoms with E-state index in [4.69, 9.17) is 33.9 Å². The fourth-order valence-electron chi connectivity index (χ4n) is 7.52. The zero-order valence-electron chi connectivity index (χ0n) is 43.0. The van der Waals surface area contributed by atoms with Crippen molar-refractivity contribution in [3.8, 4) is 17.2 Å². The molecule has 5 unspecified atom stereocenters. The molecule has 0 saturated carbocycles. The number of aliphatic hydroxyl groups is 2. The highest BCUT2D eigenvalue weighted by atomic mass is 79.9. The highest BCUT2D eigenvalue weighted by Crippen LogP contribution is 2.43. The van der Waals surface area contributed by atoms with Gasteiger partial charge in [-0.15, -0.1) is 0 Å². The van der Waals surface area contributed by atoms with Gasteiger partial charge in [0.2, 0.25) is 0 Å². The highest BCUT2D eigenvalue weighted by Gasteiger charge is 2.42. The van der Waals surface area contributed by atoms with E-state index in [2.05, 4.69) is 28.1 Å². The number of para-hydroxylation sites is 3. The molecule has 0 aromatic heterocycles. The summed E-state index contributed by atoms with van der Waals surface area (Å²) in [5, 5.41) is 25.2. The molecule has 0 bridgehead atoms. The predicted molar refractivity (Wildman–Crippen MR) is 272 cm³/mol. The quantitative estimate of drug-likeness (QED) is 0.145. The average Bonchev–Trinajstić information content (AvgIpc) is 3.86. The number of ether oxygens (including phenoxy) is 5. The first-order chi connectivity index (χ1) is 32.1. The Hall–Kier alpha value is -4.99. The molecule has 14 nitrogen and oxygen atoms in total. The van der Waals surface area contributed by atoms with Crippen molar-refractivity contribution in [2.75, 3.05) is 46.4 Å². The Balaban J connectivity index is 0.000000312. The van der Waals surface area contributed by atoms with Crippen LogP contribution >= 0.6 is 15.9 Å². The summed E-state index contributed by atoms with van der Waals surface area (Å²) in [5.41, 5.74) is 1.17. The Morgan fingerprint density at radius 2 is 0.956 bits per heavy atom. The number of carbonyl (C=O) groups is 3. The van der Waals surface area contributed by atoms with Gasteiger partial charge in [-0.1, -0.05) is 88.4 Å². The van der Waals surface area contributed by atoms with E-state index in [0.717, 1.165) is 49.0 Å². The number of halogens is 1. The van der Waals surface area contributed by atoms with Crippen molar-refractivity contribution < 1.29 is 53.4 Å². The van der Waals surface area contributed by atoms with E-state index in [1.165, 1.54) is 16.0 Å². The summed E-state index contributed by atoms with van der Waals surface area (Å²) < 4.78 is 28.7. The first kappa shape index (κ1) is 59.1. The third kappa shape index (κ3) is 19.2. The Morgan fingerprint density at radius 3 is 1.31 bits per heavy atom. The summed E-state index contributed by atoms with van der Waals surface area (Å²) in [6.45, 7) is 28.3. The molecule has 3 aromatic rings. The van der Waals surface area contributed by atoms with Gasteiger partial charge in [-0.2, -0.15) is 0 Å². The van der Waals surface area contributed by atoms with Gasteiger partial charge in [-0.3, -0.25) is 0 Å². The Labute approximate surface area is 414 Å². The van der Waals surface area contributed by atoms with Gasteiger partial charge in [-0.25, -0.2) is 14.4 Å². The molecule has 5 aliphatic heterocycles. The summed E-state index contributed by atoms with van der Waals surface area (Å²) in [6.07, 6.45) is 4.01. The molecule has 5 atom stereocenters. The molecular weight excluding hydrogens is 934 g/mol. The molecule has 0 aliphatic carbocycles. The van der Waals surface area contributed by atoms with Crippen LogP contribution in [-0.2, 0) is 14.2 Å². The minimum atomic E-state index is -0.573. The molecule has 380 valence electrons. The lowest BCUT2D eigenvalue weighted by molar-refractivity contribution is 0.00721. The number of hydrogen-bond donors (Lipinski definition) is 3. The number of likely N-dealkylation sites (tertiary alicyclic amines) is 2. The maximum atomic E-state index is 12.1. The molecular formula is C53H80BrN3O11. The molecule has 8 rings (SSSR count). The number of hydrogen-bond acceptors (Lipinski definition) is 11. The van der Waals surface area contributed by atoms with Crippen LogP contribution in [0.5, 0.6) is 17.2 Å². The number of β-amino-alcohol motifs (C(OH)–C–C–N with tert-alkyl or cyclic N) is 1. The van der Waals surface area contributed by atoms with Crippen LogP contribution in [0.3, 0.4) is 0 Å². The number of benzene rings is 3. The molecule has 15 heteroatoms. The van der Waals surface area contributed by atoms with E-state index < -0.39 is 22.9 Å². The number of aliphatic hydroxyl groups excluding tert-OH is 2. The second-order valence-corrected chi connectivity index (χ2v) is 19.7. The summed E-state index contributed by atoms with van der Waals surface area (Å²) in [6, 6.07) is 23.4. The minimum Gasteiger partial charge on any atom is -0.507 e. The lowest BCUT2D eigenvalue weighted by atomic mass is 9.89. The smallest absolute Gasteiger partial charge is 0.410 e. The summed E-state index contributed by atoms with van der Waals surface area (Å²) in [4.78, 5) is 40.8. The Morgan fingerprint density at radius 1 is 0.588 bits per heavy atom. The van der Waals surface area contributed by atoms with Crippen LogP contribution < -0.4 is 9.47 Å². The standard InChI is InChI=1S/2C16H21NO3.C10H17NO3.C6H5BrO.2C2H6.CH4O/c2*1-16(2,3)20-15(18)17-9-8-12-11-6-4-5-7-13(11)19-14(12)10-17;1-10(2,3)14-9(13)11-6-4-5-8(12)7-11;7-5-3-1-2-4-6(5)8;3*1-2/h2*4-7,12,14H,8-10H2,1-3H3;4-5,8,12H,6-7H2,1-3H3;1-4,8H;2*1-2H3;2H,1H3. The summed E-state index contributed by atoms with van der Waals surface area (Å²) in [7, 11) is 1.00. The molecule has 2 saturated heterocycles. The van der Waals surface area contributed by atoms with Crippen LogP contribution in [0.4, 0.5) is 14.4 Å². The number of carbonyl (C=O) groups excluding carboxylic acids is 3. The fraction of sp³-hybridized carbons (Fsp3) is 0.566. The van der Waals surface area contributed by atoms with Crippen LogP contribution in [0.15, 0.2) is 89.4 Å². The van der Waals surface area contributed by atoms with E-state index in [9.17, 15) is 19.5 Å². The van der Waals surface area contributed by atoms with Gasteiger partial charge in [0.25, 0.3) is 0 Å². The van der Waals surface area contributed by atoms with E-state index in [-0.39, 0.29) is 36.2 Å². The van der Waals surface area contributed by atoms with Gasteiger partial charge in [0.15, 0.2) is 0 Å². The van der Waals surface area contributed by atoms with Crippen molar-refractivity contribution in [2.24, 2.45) is 0 Å². The number of phenolic OH excluding ortho intramolecular Hbond substituents is 1. The SMILES string of the molecule is CC.CC.CC(C)(C)OC(=O)N1CC=CC(O)C1.CC(C)(C)OC(=O)N1CCC2c3ccccc3OC2C1.CC(C)(C)OC(=O)N1CCC2c3ccccc3OC2C1.CO.Oc1ccccc1Br. The third-order valence-electron chi connectivity index (χ3n) is 10.2. The van der Waals surface area contributed by atoms with E-state index in [0.29, 0.717) is 38.0 Å². The van der Waals surface area contributed by atoms with Crippen molar-refractivity contribution in [3.63, 3.8) is 0 Å². The number of phenols is 1. The fourth-order valence-corrected chi connectivity index (χ4v) is 7.80. The predicted octanol–water partition coefficient (Wildman–Crippen LogP) is 11.3. The van der Waals surface area contributed by atoms with Crippen LogP contribution in [0.2, 0.25) is 0 Å². The zero-order chi connectivity index (χ0) is 51.4. The maximum Gasteiger partial charge on any atom is 0.410 e. The third-order valence-corrected chi connectivity index (χ3v) is 10.9. The van der Waals surface area contributed by atoms with Crippen LogP contribution in [0.1, 0.15) is 126 Å². The van der Waals surface area contributed by atoms with E-state index >= 15 is 0 Å². The van der Waals surface area contributed by atoms with Gasteiger partial charge in [0.1, 0.15) is 46.3 Å². The maximum absolute atomic E-state index is 12.1. The highest BCUT2D eigenvalue weighted by molar-refractivity contribution is 9.10. The van der Waals surface area contributed by atoms with Crippen molar-refractivity contribution in [2.45, 2.75) is 150 Å². The van der Waals surface area contributed by atoms with Crippen LogP contribution in [0, 0.1) is 0 Å². The average molecular weight is 1020 g/mol. The summed E-state index contributed by atoms with van der Waals surface area (Å²) in [5.74, 6) is 3.03. The molecule has 5 heterocycles. The number of nitrogens with zero attached hydrogens (tertiary/aromatic N) is 3. The zero-order valence-corrected chi connectivity index (χ0v) is 44.5. The van der Waals surface area contributed by atoms with E-state index in [1.54, 1.807) is 40.2 Å². The Kier molecular flexibility index (Phi) is 24.2. The number of aromatic hydroxyl groups is 1. The largest absolute Gasteiger partial charge is 0.507 e. The summed E-state index contributed by atoms with van der Waals surface area (Å²) >= 11 is 3.15. The Bertz CT molecular complexity index is 1910. The first-order valence-electron chi connectivity index (χ1n) is 23.7. The van der Waals surface area contributed by atoms with Gasteiger partial charge < -0.3 is 53.7 Å². The lowest BCUT2D eigenvalue weighted by Crippen LogP contribution is -2.47. The number of amides is 3. The van der Waals surface area contributed by atoms with Gasteiger partial charge in [0.05, 0.1) is 30.2 Å². The van der Waals surface area contributed by atoms with Crippen LogP contribution in [-0.4, -0.2) is 130 Å². The first-order valence-corrected chi connectivity index (χ1v) is 24.5. The molecule has 5 aliphatic rings. The van der Waals surface area contributed by atoms with Crippen molar-refractivity contribution in [1.29, 1.82) is 0 Å². The topological polar surface area (TPSA) is 168 Å². The van der Waals surface area contributed by atoms with Gasteiger partial charge in [0, 0.05) is 49.7 Å². The number of fused-ring (bicyclic) bond motifs is 6. The monoisotopic (exact) mass is 1010 g/mol. The van der Waals surface area contributed by atoms with Gasteiger partial charge in [-0.05, 0) is 115 Å². The van der Waals surface area contributed by atoms with Crippen LogP contribution in [0.25, 0.3) is 0 Å². The lowest BCUT2D eigenvalue weighted by Gasteiger charge is -2.35. The van der Waals surface area contributed by atoms with E-state index in [1.807, 2.05) is 132 Å². The molecule has 3 N–H and O–H groups in total. The van der Waals surface area contributed by atoms with Crippen molar-refractivity contribution in [3.05, 3.63) is 101 Å². The normalized spacial score (nSPS) is 20.4. The second-order valence-electron chi connectivity index (χ2n) is 18.9. The van der Waals surface area contributed by atoms with Crippen molar-refractivity contribution >= 4 is 34.2 Å². The molecule has 68 heavy (non-hydrogen) atoms. The number of piperidine rings is 2. The molecule has 3 amide bonds. The van der Waals surface area contributed by atoms with Gasteiger partial charge >= 0.3 is 18.3 Å². The number of rotatable bonds is 0. The second kappa shape index (κ2) is 27.9. The molecule has 3 aromatic carbocycles. The molecule has 0 spiro atoms.